The maximum absolute atomic E-state index is 12.3. The minimum Gasteiger partial charge on any atom is -0.345 e. The molecule has 0 spiro atoms. The molecule has 2 aromatic heterocycles. The number of carbonyl (C=O) groups excluding carboxylic acids is 1. The van der Waals surface area contributed by atoms with Gasteiger partial charge < -0.3 is 10.3 Å². The number of fused-ring (bicyclic) bond motifs is 2. The van der Waals surface area contributed by atoms with Crippen molar-refractivity contribution in [2.45, 2.75) is 6.54 Å². The van der Waals surface area contributed by atoms with Crippen molar-refractivity contribution in [3.05, 3.63) is 66.2 Å². The summed E-state index contributed by atoms with van der Waals surface area (Å²) in [5.41, 5.74) is 3.86. The third-order valence-electron chi connectivity index (χ3n) is 3.59. The molecule has 0 saturated carbocycles. The summed E-state index contributed by atoms with van der Waals surface area (Å²) in [5, 5.41) is 2.86. The van der Waals surface area contributed by atoms with Crippen molar-refractivity contribution in [1.82, 2.24) is 25.3 Å². The van der Waals surface area contributed by atoms with E-state index in [1.54, 1.807) is 30.6 Å². The zero-order chi connectivity index (χ0) is 15.6. The van der Waals surface area contributed by atoms with Gasteiger partial charge >= 0.3 is 0 Å². The Balaban J connectivity index is 1.52. The van der Waals surface area contributed by atoms with Crippen LogP contribution in [-0.4, -0.2) is 25.8 Å². The number of rotatable bonds is 3. The third kappa shape index (κ3) is 2.62. The number of aromatic nitrogens is 4. The Hall–Kier alpha value is -3.28. The fraction of sp³-hybridized carbons (Fsp3) is 0.0588. The summed E-state index contributed by atoms with van der Waals surface area (Å²) in [6.07, 6.45) is 3.24. The van der Waals surface area contributed by atoms with Crippen LogP contribution in [0, 0.1) is 0 Å². The molecule has 6 heteroatoms. The summed E-state index contributed by atoms with van der Waals surface area (Å²) >= 11 is 0. The smallest absolute Gasteiger partial charge is 0.251 e. The van der Waals surface area contributed by atoms with Gasteiger partial charge in [-0.3, -0.25) is 14.8 Å². The Kier molecular flexibility index (Phi) is 3.20. The molecule has 0 aliphatic rings. The summed E-state index contributed by atoms with van der Waals surface area (Å²) in [6.45, 7) is 0.339. The Bertz CT molecular complexity index is 975. The lowest BCUT2D eigenvalue weighted by molar-refractivity contribution is 0.0950. The van der Waals surface area contributed by atoms with Gasteiger partial charge in [0.25, 0.3) is 5.91 Å². The van der Waals surface area contributed by atoms with E-state index in [1.807, 2.05) is 24.3 Å². The first-order valence-corrected chi connectivity index (χ1v) is 7.22. The number of hydrogen-bond donors (Lipinski definition) is 2. The van der Waals surface area contributed by atoms with E-state index >= 15 is 0 Å². The van der Waals surface area contributed by atoms with Gasteiger partial charge in [0, 0.05) is 18.0 Å². The largest absolute Gasteiger partial charge is 0.345 e. The molecule has 0 unspecified atom stereocenters. The molecule has 2 N–H and O–H groups in total. The molecule has 23 heavy (non-hydrogen) atoms. The van der Waals surface area contributed by atoms with E-state index < -0.39 is 0 Å². The Morgan fingerprint density at radius 1 is 1.00 bits per heavy atom. The number of nitrogens with zero attached hydrogens (tertiary/aromatic N) is 3. The number of hydrogen-bond acceptors (Lipinski definition) is 4. The number of nitrogens with one attached hydrogen (secondary N) is 2. The standard InChI is InChI=1S/C17H13N5O/c23-17(11-5-6-12-15(9-11)19-8-7-18-12)20-10-16-21-13-3-1-2-4-14(13)22-16/h1-9H,10H2,(H,20,23)(H,21,22). The van der Waals surface area contributed by atoms with Crippen molar-refractivity contribution < 1.29 is 4.79 Å². The molecule has 1 amide bonds. The monoisotopic (exact) mass is 303 g/mol. The van der Waals surface area contributed by atoms with Crippen molar-refractivity contribution in [2.75, 3.05) is 0 Å². The molecule has 0 bridgehead atoms. The second kappa shape index (κ2) is 5.49. The van der Waals surface area contributed by atoms with E-state index in [9.17, 15) is 4.79 Å². The number of aromatic amines is 1. The highest BCUT2D eigenvalue weighted by molar-refractivity contribution is 5.97. The average molecular weight is 303 g/mol. The molecule has 0 radical (unpaired) electrons. The molecule has 0 aliphatic heterocycles. The zero-order valence-corrected chi connectivity index (χ0v) is 12.2. The van der Waals surface area contributed by atoms with Gasteiger partial charge in [-0.2, -0.15) is 0 Å². The van der Waals surface area contributed by atoms with Crippen LogP contribution < -0.4 is 5.32 Å². The first kappa shape index (κ1) is 13.4. The number of para-hydroxylation sites is 2. The van der Waals surface area contributed by atoms with Crippen LogP contribution in [0.4, 0.5) is 0 Å². The number of imidazole rings is 1. The molecule has 4 aromatic rings. The lowest BCUT2D eigenvalue weighted by Crippen LogP contribution is -2.23. The number of benzene rings is 2. The molecule has 2 aromatic carbocycles. The van der Waals surface area contributed by atoms with Crippen LogP contribution in [0.25, 0.3) is 22.1 Å². The molecular formula is C17H13N5O. The fourth-order valence-corrected chi connectivity index (χ4v) is 2.46. The minimum atomic E-state index is -0.169. The van der Waals surface area contributed by atoms with E-state index in [4.69, 9.17) is 0 Å². The topological polar surface area (TPSA) is 83.6 Å². The Morgan fingerprint density at radius 2 is 1.83 bits per heavy atom. The molecule has 0 aliphatic carbocycles. The quantitative estimate of drug-likeness (QED) is 0.609. The third-order valence-corrected chi connectivity index (χ3v) is 3.59. The van der Waals surface area contributed by atoms with Crippen LogP contribution >= 0.6 is 0 Å². The molecule has 0 atom stereocenters. The zero-order valence-electron chi connectivity index (χ0n) is 12.2. The van der Waals surface area contributed by atoms with E-state index in [0.717, 1.165) is 22.4 Å². The van der Waals surface area contributed by atoms with Gasteiger partial charge in [-0.25, -0.2) is 4.98 Å². The summed E-state index contributed by atoms with van der Waals surface area (Å²) in [7, 11) is 0. The average Bonchev–Trinajstić information content (AvgIpc) is 3.02. The van der Waals surface area contributed by atoms with Crippen LogP contribution in [0.1, 0.15) is 16.2 Å². The van der Waals surface area contributed by atoms with Crippen molar-refractivity contribution in [3.63, 3.8) is 0 Å². The van der Waals surface area contributed by atoms with Gasteiger partial charge in [0.05, 0.1) is 28.6 Å². The lowest BCUT2D eigenvalue weighted by Gasteiger charge is -2.04. The van der Waals surface area contributed by atoms with E-state index in [0.29, 0.717) is 17.6 Å². The highest BCUT2D eigenvalue weighted by Gasteiger charge is 2.08. The molecule has 112 valence electrons. The maximum atomic E-state index is 12.3. The van der Waals surface area contributed by atoms with Gasteiger partial charge in [0.2, 0.25) is 0 Å². The van der Waals surface area contributed by atoms with Gasteiger partial charge in [-0.1, -0.05) is 12.1 Å². The predicted octanol–water partition coefficient (Wildman–Crippen LogP) is 2.44. The first-order valence-electron chi connectivity index (χ1n) is 7.22. The normalized spacial score (nSPS) is 11.0. The Morgan fingerprint density at radius 3 is 2.70 bits per heavy atom. The van der Waals surface area contributed by atoms with E-state index in [1.165, 1.54) is 0 Å². The second-order valence-corrected chi connectivity index (χ2v) is 5.14. The summed E-state index contributed by atoms with van der Waals surface area (Å²) < 4.78 is 0. The van der Waals surface area contributed by atoms with Crippen molar-refractivity contribution in [2.24, 2.45) is 0 Å². The van der Waals surface area contributed by atoms with E-state index in [-0.39, 0.29) is 5.91 Å². The van der Waals surface area contributed by atoms with Gasteiger partial charge in [-0.05, 0) is 30.3 Å². The molecule has 6 nitrogen and oxygen atoms in total. The van der Waals surface area contributed by atoms with Crippen LogP contribution in [-0.2, 0) is 6.54 Å². The second-order valence-electron chi connectivity index (χ2n) is 5.14. The lowest BCUT2D eigenvalue weighted by atomic mass is 10.2. The van der Waals surface area contributed by atoms with Crippen molar-refractivity contribution in [3.8, 4) is 0 Å². The molecule has 2 heterocycles. The van der Waals surface area contributed by atoms with E-state index in [2.05, 4.69) is 25.3 Å². The summed E-state index contributed by atoms with van der Waals surface area (Å²) in [5.74, 6) is 0.554. The number of H-pyrrole nitrogens is 1. The van der Waals surface area contributed by atoms with Gasteiger partial charge in [0.1, 0.15) is 5.82 Å². The molecular weight excluding hydrogens is 290 g/mol. The Labute approximate surface area is 131 Å². The highest BCUT2D eigenvalue weighted by Crippen LogP contribution is 2.12. The van der Waals surface area contributed by atoms with Crippen molar-refractivity contribution >= 4 is 28.0 Å². The van der Waals surface area contributed by atoms with Crippen LogP contribution in [0.3, 0.4) is 0 Å². The minimum absolute atomic E-state index is 0.169. The highest BCUT2D eigenvalue weighted by atomic mass is 16.1. The molecule has 0 fully saturated rings. The maximum Gasteiger partial charge on any atom is 0.251 e. The van der Waals surface area contributed by atoms with Crippen LogP contribution in [0.2, 0.25) is 0 Å². The van der Waals surface area contributed by atoms with Gasteiger partial charge in [-0.15, -0.1) is 0 Å². The fourth-order valence-electron chi connectivity index (χ4n) is 2.46. The molecule has 0 saturated heterocycles. The van der Waals surface area contributed by atoms with Gasteiger partial charge in [0.15, 0.2) is 0 Å². The summed E-state index contributed by atoms with van der Waals surface area (Å²) in [4.78, 5) is 28.3. The van der Waals surface area contributed by atoms with Crippen LogP contribution in [0.15, 0.2) is 54.9 Å². The van der Waals surface area contributed by atoms with Crippen molar-refractivity contribution in [1.29, 1.82) is 0 Å². The van der Waals surface area contributed by atoms with Crippen LogP contribution in [0.5, 0.6) is 0 Å². The predicted molar refractivity (Wildman–Crippen MR) is 86.8 cm³/mol. The SMILES string of the molecule is O=C(NCc1nc2ccccc2[nH]1)c1ccc2nccnc2c1. The summed E-state index contributed by atoms with van der Waals surface area (Å²) in [6, 6.07) is 13.0. The first-order chi connectivity index (χ1) is 11.3. The number of carbonyl (C=O) groups is 1. The molecule has 4 rings (SSSR count). The number of amides is 1.